The number of nitrogens with one attached hydrogen (secondary N) is 1. The van der Waals surface area contributed by atoms with E-state index in [1.165, 1.54) is 5.56 Å². The van der Waals surface area contributed by atoms with E-state index in [9.17, 15) is 9.90 Å². The molecule has 2 fully saturated rings. The van der Waals surface area contributed by atoms with Gasteiger partial charge in [-0.15, -0.1) is 0 Å². The fraction of sp³-hybridized carbons (Fsp3) is 0.440. The van der Waals surface area contributed by atoms with E-state index >= 15 is 0 Å². The van der Waals surface area contributed by atoms with Crippen LogP contribution in [0.3, 0.4) is 0 Å². The summed E-state index contributed by atoms with van der Waals surface area (Å²) in [6.07, 6.45) is 1.65. The van der Waals surface area contributed by atoms with Crippen LogP contribution in [0.15, 0.2) is 53.5 Å². The maximum absolute atomic E-state index is 11.8. The van der Waals surface area contributed by atoms with Gasteiger partial charge >= 0.3 is 0 Å². The highest BCUT2D eigenvalue weighted by Gasteiger charge is 2.22. The third kappa shape index (κ3) is 5.33. The van der Waals surface area contributed by atoms with Gasteiger partial charge in [0.2, 0.25) is 5.91 Å². The summed E-state index contributed by atoms with van der Waals surface area (Å²) in [5.41, 5.74) is 3.22. The summed E-state index contributed by atoms with van der Waals surface area (Å²) < 4.78 is 0. The molecule has 0 bridgehead atoms. The molecule has 2 aromatic rings. The number of rotatable bonds is 6. The highest BCUT2D eigenvalue weighted by atomic mass is 16.3. The van der Waals surface area contributed by atoms with E-state index in [1.54, 1.807) is 6.07 Å². The number of hydrogen-bond donors (Lipinski definition) is 2. The molecule has 2 aliphatic heterocycles. The molecule has 0 aromatic heterocycles. The van der Waals surface area contributed by atoms with E-state index in [4.69, 9.17) is 4.99 Å². The van der Waals surface area contributed by atoms with Crippen LogP contribution in [0.4, 0.5) is 5.69 Å². The Bertz CT molecular complexity index is 936. The second kappa shape index (κ2) is 10.4. The van der Waals surface area contributed by atoms with Crippen molar-refractivity contribution in [1.82, 2.24) is 15.1 Å². The monoisotopic (exact) mass is 435 g/mol. The quantitative estimate of drug-likeness (QED) is 0.539. The molecule has 0 aliphatic carbocycles. The summed E-state index contributed by atoms with van der Waals surface area (Å²) >= 11 is 0. The fourth-order valence-corrected chi connectivity index (χ4v) is 4.32. The summed E-state index contributed by atoms with van der Waals surface area (Å²) in [6, 6.07) is 15.9. The number of nitrogens with zero attached hydrogens (tertiary/aromatic N) is 4. The number of aliphatic imine (C=N–C) groups is 1. The molecular weight excluding hydrogens is 402 g/mol. The zero-order valence-corrected chi connectivity index (χ0v) is 18.8. The van der Waals surface area contributed by atoms with Gasteiger partial charge in [-0.25, -0.2) is 4.99 Å². The number of anilines is 1. The minimum Gasteiger partial charge on any atom is -0.506 e. The Morgan fingerprint density at radius 3 is 2.38 bits per heavy atom. The number of piperazine rings is 1. The fourth-order valence-electron chi connectivity index (χ4n) is 4.32. The number of hydrogen-bond acceptors (Lipinski definition) is 4. The van der Waals surface area contributed by atoms with Crippen molar-refractivity contribution in [2.75, 3.05) is 44.2 Å². The molecule has 2 aliphatic rings. The predicted molar refractivity (Wildman–Crippen MR) is 128 cm³/mol. The zero-order chi connectivity index (χ0) is 22.3. The molecule has 2 heterocycles. The Hall–Kier alpha value is -3.22. The van der Waals surface area contributed by atoms with Crippen LogP contribution in [-0.2, 0) is 17.9 Å². The molecule has 2 N–H and O–H groups in total. The van der Waals surface area contributed by atoms with E-state index in [-0.39, 0.29) is 5.91 Å². The first-order chi connectivity index (χ1) is 15.6. The van der Waals surface area contributed by atoms with Crippen LogP contribution >= 0.6 is 0 Å². The van der Waals surface area contributed by atoms with E-state index < -0.39 is 0 Å². The number of guanidine groups is 1. The molecule has 7 nitrogen and oxygen atoms in total. The van der Waals surface area contributed by atoms with Crippen molar-refractivity contribution in [2.24, 2.45) is 4.99 Å². The summed E-state index contributed by atoms with van der Waals surface area (Å²) in [7, 11) is 0. The summed E-state index contributed by atoms with van der Waals surface area (Å²) in [5, 5.41) is 13.6. The molecule has 32 heavy (non-hydrogen) atoms. The molecule has 2 aromatic carbocycles. The van der Waals surface area contributed by atoms with Crippen LogP contribution in [0.2, 0.25) is 0 Å². The van der Waals surface area contributed by atoms with Crippen LogP contribution in [0.25, 0.3) is 0 Å². The SMILES string of the molecule is CCNC(=NCc1ccc(CN2CCCC2=O)cc1)N1CCN(c2ccccc2O)CC1. The number of phenols is 1. The summed E-state index contributed by atoms with van der Waals surface area (Å²) in [4.78, 5) is 23.1. The third-order valence-electron chi connectivity index (χ3n) is 6.12. The van der Waals surface area contributed by atoms with Crippen molar-refractivity contribution in [3.63, 3.8) is 0 Å². The Morgan fingerprint density at radius 1 is 1.00 bits per heavy atom. The van der Waals surface area contributed by atoms with E-state index in [2.05, 4.69) is 46.3 Å². The molecule has 0 saturated carbocycles. The molecule has 4 rings (SSSR count). The van der Waals surface area contributed by atoms with Crippen LogP contribution in [0.5, 0.6) is 5.75 Å². The van der Waals surface area contributed by atoms with Crippen LogP contribution in [-0.4, -0.2) is 66.0 Å². The number of amides is 1. The number of likely N-dealkylation sites (tertiary alicyclic amines) is 1. The van der Waals surface area contributed by atoms with Crippen molar-refractivity contribution in [2.45, 2.75) is 32.9 Å². The topological polar surface area (TPSA) is 71.4 Å². The van der Waals surface area contributed by atoms with Crippen molar-refractivity contribution in [1.29, 1.82) is 0 Å². The van der Waals surface area contributed by atoms with Gasteiger partial charge in [0.1, 0.15) is 5.75 Å². The number of carbonyl (C=O) groups excluding carboxylic acids is 1. The normalized spacial score (nSPS) is 17.2. The largest absolute Gasteiger partial charge is 0.506 e. The van der Waals surface area contributed by atoms with Crippen molar-refractivity contribution in [3.05, 3.63) is 59.7 Å². The van der Waals surface area contributed by atoms with Crippen LogP contribution < -0.4 is 10.2 Å². The lowest BCUT2D eigenvalue weighted by atomic mass is 10.1. The van der Waals surface area contributed by atoms with Crippen LogP contribution in [0.1, 0.15) is 30.9 Å². The molecule has 0 spiro atoms. The van der Waals surface area contributed by atoms with Gasteiger partial charge in [0.25, 0.3) is 0 Å². The second-order valence-corrected chi connectivity index (χ2v) is 8.37. The minimum absolute atomic E-state index is 0.261. The van der Waals surface area contributed by atoms with Gasteiger partial charge in [-0.05, 0) is 36.6 Å². The number of phenolic OH excluding ortho intramolecular Hbond substituents is 1. The van der Waals surface area contributed by atoms with Crippen molar-refractivity contribution >= 4 is 17.6 Å². The predicted octanol–water partition coefficient (Wildman–Crippen LogP) is 2.80. The Balaban J connectivity index is 1.34. The first-order valence-electron chi connectivity index (χ1n) is 11.6. The lowest BCUT2D eigenvalue weighted by Gasteiger charge is -2.37. The number of carbonyl (C=O) groups is 1. The molecule has 170 valence electrons. The molecule has 0 unspecified atom stereocenters. The Morgan fingerprint density at radius 2 is 1.72 bits per heavy atom. The zero-order valence-electron chi connectivity index (χ0n) is 18.8. The standard InChI is InChI=1S/C25H33N5O2/c1-2-26-25(29-16-14-28(15-17-29)22-6-3-4-7-23(22)31)27-18-20-9-11-21(12-10-20)19-30-13-5-8-24(30)32/h3-4,6-7,9-12,31H,2,5,8,13-19H2,1H3,(H,26,27). The van der Waals surface area contributed by atoms with Crippen molar-refractivity contribution in [3.8, 4) is 5.75 Å². The highest BCUT2D eigenvalue weighted by molar-refractivity contribution is 5.80. The smallest absolute Gasteiger partial charge is 0.222 e. The molecule has 1 amide bonds. The number of aromatic hydroxyl groups is 1. The van der Waals surface area contributed by atoms with Gasteiger partial charge in [-0.3, -0.25) is 4.79 Å². The van der Waals surface area contributed by atoms with E-state index in [0.717, 1.165) is 62.9 Å². The number of benzene rings is 2. The van der Waals surface area contributed by atoms with E-state index in [0.29, 0.717) is 25.3 Å². The van der Waals surface area contributed by atoms with Crippen molar-refractivity contribution < 1.29 is 9.90 Å². The first kappa shape index (κ1) is 22.0. The molecule has 0 radical (unpaired) electrons. The molecule has 0 atom stereocenters. The maximum atomic E-state index is 11.8. The molecular formula is C25H33N5O2. The minimum atomic E-state index is 0.261. The highest BCUT2D eigenvalue weighted by Crippen LogP contribution is 2.27. The van der Waals surface area contributed by atoms with Crippen LogP contribution in [0, 0.1) is 0 Å². The van der Waals surface area contributed by atoms with Gasteiger partial charge in [0, 0.05) is 52.2 Å². The average Bonchev–Trinajstić information content (AvgIpc) is 3.22. The van der Waals surface area contributed by atoms with Gasteiger partial charge < -0.3 is 25.1 Å². The Labute approximate surface area is 190 Å². The Kier molecular flexibility index (Phi) is 7.14. The molecule has 7 heteroatoms. The first-order valence-corrected chi connectivity index (χ1v) is 11.6. The molecule has 2 saturated heterocycles. The van der Waals surface area contributed by atoms with Gasteiger partial charge in [0.15, 0.2) is 5.96 Å². The lowest BCUT2D eigenvalue weighted by molar-refractivity contribution is -0.128. The lowest BCUT2D eigenvalue weighted by Crippen LogP contribution is -2.52. The van der Waals surface area contributed by atoms with Gasteiger partial charge in [0.05, 0.1) is 12.2 Å². The van der Waals surface area contributed by atoms with Gasteiger partial charge in [-0.1, -0.05) is 36.4 Å². The average molecular weight is 436 g/mol. The van der Waals surface area contributed by atoms with Gasteiger partial charge in [-0.2, -0.15) is 0 Å². The summed E-state index contributed by atoms with van der Waals surface area (Å²) in [5.74, 6) is 1.52. The maximum Gasteiger partial charge on any atom is 0.222 e. The second-order valence-electron chi connectivity index (χ2n) is 8.37. The van der Waals surface area contributed by atoms with E-state index in [1.807, 2.05) is 23.1 Å². The summed E-state index contributed by atoms with van der Waals surface area (Å²) in [6.45, 7) is 8.47. The number of para-hydroxylation sites is 2. The third-order valence-corrected chi connectivity index (χ3v) is 6.12.